The van der Waals surface area contributed by atoms with Gasteiger partial charge in [0.1, 0.15) is 0 Å². The molecule has 0 unspecified atom stereocenters. The number of nitrogens with one attached hydrogen (secondary N) is 1. The maximum Gasteiger partial charge on any atom is 0.240 e. The lowest BCUT2D eigenvalue weighted by Crippen LogP contribution is -2.48. The molecule has 1 atom stereocenters. The summed E-state index contributed by atoms with van der Waals surface area (Å²) in [5.74, 6) is 0.224. The Kier molecular flexibility index (Phi) is 7.15. The van der Waals surface area contributed by atoms with Crippen LogP contribution in [0.25, 0.3) is 0 Å². The number of halogens is 2. The lowest BCUT2D eigenvalue weighted by atomic mass is 10.0. The monoisotopic (exact) mass is 322 g/mol. The van der Waals surface area contributed by atoms with E-state index in [1.165, 1.54) is 6.42 Å². The predicted octanol–water partition coefficient (Wildman–Crippen LogP) is 3.31. The van der Waals surface area contributed by atoms with Gasteiger partial charge in [-0.25, -0.2) is 0 Å². The minimum absolute atomic E-state index is 0. The van der Waals surface area contributed by atoms with Gasteiger partial charge in [0.2, 0.25) is 5.91 Å². The van der Waals surface area contributed by atoms with E-state index in [0.29, 0.717) is 6.54 Å². The van der Waals surface area contributed by atoms with E-state index in [2.05, 4.69) is 5.32 Å². The molecule has 0 radical (unpaired) electrons. The number of carbonyl (C=O) groups excluding carboxylic acids is 1. The van der Waals surface area contributed by atoms with Crippen molar-refractivity contribution in [3.8, 4) is 0 Å². The van der Waals surface area contributed by atoms with Gasteiger partial charge in [-0.1, -0.05) is 18.0 Å². The number of hydrogen-bond acceptors (Lipinski definition) is 3. The molecule has 1 amide bonds. The molecule has 1 aliphatic rings. The highest BCUT2D eigenvalue weighted by atomic mass is 35.5. The Labute approximate surface area is 129 Å². The molecular formula is C13H20Cl2N2OS. The van der Waals surface area contributed by atoms with Crippen LogP contribution in [0.4, 0.5) is 0 Å². The first kappa shape index (κ1) is 16.8. The fourth-order valence-electron chi connectivity index (χ4n) is 2.25. The molecule has 1 aromatic rings. The molecule has 108 valence electrons. The van der Waals surface area contributed by atoms with Crippen molar-refractivity contribution in [2.24, 2.45) is 0 Å². The summed E-state index contributed by atoms with van der Waals surface area (Å²) < 4.78 is 0.782. The first-order chi connectivity index (χ1) is 8.70. The molecule has 0 aliphatic carbocycles. The lowest BCUT2D eigenvalue weighted by Gasteiger charge is -2.29. The summed E-state index contributed by atoms with van der Waals surface area (Å²) in [7, 11) is 0. The third-order valence-electron chi connectivity index (χ3n) is 3.28. The molecule has 2 rings (SSSR count). The summed E-state index contributed by atoms with van der Waals surface area (Å²) in [5.41, 5.74) is 0. The highest BCUT2D eigenvalue weighted by Gasteiger charge is 2.25. The van der Waals surface area contributed by atoms with Gasteiger partial charge in [0, 0.05) is 11.4 Å². The fraction of sp³-hybridized carbons (Fsp3) is 0.615. The van der Waals surface area contributed by atoms with E-state index >= 15 is 0 Å². The number of piperidine rings is 1. The fourth-order valence-corrected chi connectivity index (χ4v) is 3.36. The summed E-state index contributed by atoms with van der Waals surface area (Å²) in [5, 5.41) is 3.31. The lowest BCUT2D eigenvalue weighted by molar-refractivity contribution is -0.134. The van der Waals surface area contributed by atoms with E-state index < -0.39 is 0 Å². The molecule has 0 aromatic carbocycles. The second-order valence-corrected chi connectivity index (χ2v) is 6.36. The molecule has 1 aromatic heterocycles. The summed E-state index contributed by atoms with van der Waals surface area (Å²) in [6.07, 6.45) is 3.28. The average Bonchev–Trinajstić information content (AvgIpc) is 2.82. The Morgan fingerprint density at radius 1 is 1.53 bits per heavy atom. The zero-order valence-corrected chi connectivity index (χ0v) is 13.4. The molecule has 0 bridgehead atoms. The first-order valence-electron chi connectivity index (χ1n) is 6.47. The van der Waals surface area contributed by atoms with E-state index in [1.54, 1.807) is 11.3 Å². The van der Waals surface area contributed by atoms with Crippen LogP contribution in [-0.4, -0.2) is 29.9 Å². The summed E-state index contributed by atoms with van der Waals surface area (Å²) in [6, 6.07) is 3.89. The Morgan fingerprint density at radius 2 is 2.32 bits per heavy atom. The molecule has 6 heteroatoms. The van der Waals surface area contributed by atoms with Crippen LogP contribution < -0.4 is 5.32 Å². The molecule has 1 saturated heterocycles. The summed E-state index contributed by atoms with van der Waals surface area (Å²) >= 11 is 7.46. The zero-order chi connectivity index (χ0) is 13.0. The van der Waals surface area contributed by atoms with Crippen LogP contribution >= 0.6 is 35.3 Å². The van der Waals surface area contributed by atoms with Crippen LogP contribution in [0.2, 0.25) is 4.34 Å². The molecule has 1 fully saturated rings. The molecular weight excluding hydrogens is 303 g/mol. The normalized spacial score (nSPS) is 18.7. The van der Waals surface area contributed by atoms with Gasteiger partial charge >= 0.3 is 0 Å². The van der Waals surface area contributed by atoms with E-state index in [4.69, 9.17) is 11.6 Å². The molecule has 3 nitrogen and oxygen atoms in total. The zero-order valence-electron chi connectivity index (χ0n) is 11.0. The van der Waals surface area contributed by atoms with E-state index in [9.17, 15) is 4.79 Å². The van der Waals surface area contributed by atoms with Crippen LogP contribution in [0.5, 0.6) is 0 Å². The third-order valence-corrected chi connectivity index (χ3v) is 4.49. The van der Waals surface area contributed by atoms with Crippen molar-refractivity contribution in [2.45, 2.75) is 38.8 Å². The largest absolute Gasteiger partial charge is 0.336 e. The summed E-state index contributed by atoms with van der Waals surface area (Å²) in [4.78, 5) is 15.4. The van der Waals surface area contributed by atoms with Crippen molar-refractivity contribution in [3.05, 3.63) is 21.3 Å². The molecule has 0 spiro atoms. The predicted molar refractivity (Wildman–Crippen MR) is 83.3 cm³/mol. The number of nitrogens with zero attached hydrogens (tertiary/aromatic N) is 1. The molecule has 2 heterocycles. The number of likely N-dealkylation sites (N-methyl/N-ethyl adjacent to an activating group) is 1. The van der Waals surface area contributed by atoms with Gasteiger partial charge in [0.25, 0.3) is 0 Å². The topological polar surface area (TPSA) is 32.3 Å². The minimum atomic E-state index is 0. The smallest absolute Gasteiger partial charge is 0.240 e. The van der Waals surface area contributed by atoms with E-state index in [1.807, 2.05) is 24.0 Å². The maximum atomic E-state index is 12.4. The first-order valence-corrected chi connectivity index (χ1v) is 7.66. The van der Waals surface area contributed by atoms with Crippen molar-refractivity contribution >= 4 is 41.3 Å². The van der Waals surface area contributed by atoms with Gasteiger partial charge in [-0.15, -0.1) is 23.7 Å². The summed E-state index contributed by atoms with van der Waals surface area (Å²) in [6.45, 7) is 4.40. The van der Waals surface area contributed by atoms with Crippen molar-refractivity contribution < 1.29 is 4.79 Å². The highest BCUT2D eigenvalue weighted by Crippen LogP contribution is 2.23. The number of carbonyl (C=O) groups is 1. The average molecular weight is 323 g/mol. The second-order valence-electron chi connectivity index (χ2n) is 4.56. The second kappa shape index (κ2) is 8.10. The van der Waals surface area contributed by atoms with Crippen molar-refractivity contribution in [1.29, 1.82) is 0 Å². The molecule has 1 N–H and O–H groups in total. The number of hydrogen-bond donors (Lipinski definition) is 1. The molecule has 0 saturated carbocycles. The van der Waals surface area contributed by atoms with Crippen LogP contribution in [0.1, 0.15) is 31.1 Å². The third kappa shape index (κ3) is 4.63. The van der Waals surface area contributed by atoms with Gasteiger partial charge in [0.05, 0.1) is 16.9 Å². The van der Waals surface area contributed by atoms with Crippen molar-refractivity contribution in [1.82, 2.24) is 10.2 Å². The van der Waals surface area contributed by atoms with E-state index in [0.717, 1.165) is 35.1 Å². The minimum Gasteiger partial charge on any atom is -0.336 e. The SMILES string of the molecule is CCN(Cc1ccc(Cl)s1)C(=O)[C@@H]1CCCCN1.Cl. The van der Waals surface area contributed by atoms with Gasteiger partial charge in [-0.3, -0.25) is 4.79 Å². The van der Waals surface area contributed by atoms with Crippen LogP contribution in [-0.2, 0) is 11.3 Å². The standard InChI is InChI=1S/C13H19ClN2OS.ClH/c1-2-16(9-10-6-7-12(14)18-10)13(17)11-5-3-4-8-15-11;/h6-7,11,15H,2-5,8-9H2,1H3;1H/t11-;/m0./s1. The Balaban J connectivity index is 0.00000180. The Bertz CT molecular complexity index is 405. The van der Waals surface area contributed by atoms with E-state index in [-0.39, 0.29) is 24.4 Å². The number of amides is 1. The molecule has 19 heavy (non-hydrogen) atoms. The number of rotatable bonds is 4. The Hall–Kier alpha value is -0.290. The number of thiophene rings is 1. The molecule has 1 aliphatic heterocycles. The highest BCUT2D eigenvalue weighted by molar-refractivity contribution is 7.16. The van der Waals surface area contributed by atoms with Gasteiger partial charge in [-0.2, -0.15) is 0 Å². The van der Waals surface area contributed by atoms with Crippen molar-refractivity contribution in [3.63, 3.8) is 0 Å². The van der Waals surface area contributed by atoms with Gasteiger partial charge < -0.3 is 10.2 Å². The van der Waals surface area contributed by atoms with Crippen molar-refractivity contribution in [2.75, 3.05) is 13.1 Å². The Morgan fingerprint density at radius 3 is 2.84 bits per heavy atom. The van der Waals surface area contributed by atoms with Crippen LogP contribution in [0.15, 0.2) is 12.1 Å². The maximum absolute atomic E-state index is 12.4. The van der Waals surface area contributed by atoms with Crippen LogP contribution in [0, 0.1) is 0 Å². The van der Waals surface area contributed by atoms with Gasteiger partial charge in [-0.05, 0) is 38.4 Å². The van der Waals surface area contributed by atoms with Gasteiger partial charge in [0.15, 0.2) is 0 Å². The quantitative estimate of drug-likeness (QED) is 0.922. The van der Waals surface area contributed by atoms with Crippen LogP contribution in [0.3, 0.4) is 0 Å².